The lowest BCUT2D eigenvalue weighted by molar-refractivity contribution is 0.325. The summed E-state index contributed by atoms with van der Waals surface area (Å²) in [5.74, 6) is 1.63. The fourth-order valence-corrected chi connectivity index (χ4v) is 1.56. The highest BCUT2D eigenvalue weighted by Crippen LogP contribution is 2.20. The highest BCUT2D eigenvalue weighted by Gasteiger charge is 2.12. The van der Waals surface area contributed by atoms with Crippen LogP contribution in [0.2, 0.25) is 0 Å². The minimum Gasteiger partial charge on any atom is -0.328 e. The molecule has 11 heavy (non-hydrogen) atoms. The molecule has 0 aromatic rings. The summed E-state index contributed by atoms with van der Waals surface area (Å²) in [5, 5.41) is 0. The number of nitrogens with two attached hydrogens (primary N) is 1. The Labute approximate surface area is 71.4 Å². The van der Waals surface area contributed by atoms with E-state index in [0.717, 1.165) is 11.8 Å². The first-order valence-electron chi connectivity index (χ1n) is 4.83. The number of hydrogen-bond acceptors (Lipinski definition) is 1. The molecule has 0 radical (unpaired) electrons. The molecule has 0 saturated heterocycles. The summed E-state index contributed by atoms with van der Waals surface area (Å²) in [7, 11) is 0. The Balaban J connectivity index is 3.54. The molecule has 0 saturated carbocycles. The summed E-state index contributed by atoms with van der Waals surface area (Å²) in [6, 6.07) is 0.365. The fourth-order valence-electron chi connectivity index (χ4n) is 1.56. The first-order chi connectivity index (χ1) is 5.07. The van der Waals surface area contributed by atoms with E-state index in [1.54, 1.807) is 0 Å². The SMILES string of the molecule is CCCC(C)C(C)C[C@@H](C)N. The van der Waals surface area contributed by atoms with E-state index >= 15 is 0 Å². The molecular formula is C10H23N. The van der Waals surface area contributed by atoms with Crippen LogP contribution in [0.3, 0.4) is 0 Å². The van der Waals surface area contributed by atoms with Crippen molar-refractivity contribution in [3.05, 3.63) is 0 Å². The summed E-state index contributed by atoms with van der Waals surface area (Å²) in [4.78, 5) is 0. The van der Waals surface area contributed by atoms with Crippen LogP contribution in [0.1, 0.15) is 47.0 Å². The van der Waals surface area contributed by atoms with Gasteiger partial charge < -0.3 is 5.73 Å². The lowest BCUT2D eigenvalue weighted by Crippen LogP contribution is -2.21. The van der Waals surface area contributed by atoms with Crippen LogP contribution < -0.4 is 5.73 Å². The summed E-state index contributed by atoms with van der Waals surface area (Å²) in [6.45, 7) is 8.98. The molecule has 3 atom stereocenters. The molecule has 0 aliphatic heterocycles. The number of hydrogen-bond donors (Lipinski definition) is 1. The summed E-state index contributed by atoms with van der Waals surface area (Å²) >= 11 is 0. The molecular weight excluding hydrogens is 134 g/mol. The minimum absolute atomic E-state index is 0.365. The zero-order valence-electron chi connectivity index (χ0n) is 8.43. The topological polar surface area (TPSA) is 26.0 Å². The van der Waals surface area contributed by atoms with Crippen LogP contribution in [0, 0.1) is 11.8 Å². The molecule has 0 spiro atoms. The van der Waals surface area contributed by atoms with Gasteiger partial charge in [0.2, 0.25) is 0 Å². The van der Waals surface area contributed by atoms with Gasteiger partial charge in [-0.2, -0.15) is 0 Å². The fraction of sp³-hybridized carbons (Fsp3) is 1.00. The van der Waals surface area contributed by atoms with Crippen molar-refractivity contribution >= 4 is 0 Å². The van der Waals surface area contributed by atoms with Crippen LogP contribution in [0.15, 0.2) is 0 Å². The first-order valence-corrected chi connectivity index (χ1v) is 4.83. The third-order valence-electron chi connectivity index (χ3n) is 2.46. The van der Waals surface area contributed by atoms with Crippen molar-refractivity contribution < 1.29 is 0 Å². The van der Waals surface area contributed by atoms with E-state index in [9.17, 15) is 0 Å². The maximum Gasteiger partial charge on any atom is 0.00131 e. The van der Waals surface area contributed by atoms with Gasteiger partial charge in [0.1, 0.15) is 0 Å². The van der Waals surface area contributed by atoms with Gasteiger partial charge in [-0.3, -0.25) is 0 Å². The van der Waals surface area contributed by atoms with E-state index < -0.39 is 0 Å². The van der Waals surface area contributed by atoms with Gasteiger partial charge in [-0.05, 0) is 25.2 Å². The first kappa shape index (κ1) is 11.0. The lowest BCUT2D eigenvalue weighted by Gasteiger charge is -2.20. The van der Waals surface area contributed by atoms with Crippen LogP contribution in [0.4, 0.5) is 0 Å². The lowest BCUT2D eigenvalue weighted by atomic mass is 9.87. The Bertz CT molecular complexity index is 88.9. The van der Waals surface area contributed by atoms with Gasteiger partial charge in [0.05, 0.1) is 0 Å². The van der Waals surface area contributed by atoms with Crippen molar-refractivity contribution in [2.24, 2.45) is 17.6 Å². The third kappa shape index (κ3) is 5.25. The van der Waals surface area contributed by atoms with Crippen LogP contribution >= 0.6 is 0 Å². The Morgan fingerprint density at radius 3 is 2.00 bits per heavy atom. The van der Waals surface area contributed by atoms with E-state index in [1.165, 1.54) is 19.3 Å². The van der Waals surface area contributed by atoms with E-state index in [0.29, 0.717) is 6.04 Å². The predicted molar refractivity (Wildman–Crippen MR) is 51.5 cm³/mol. The molecule has 1 heteroatoms. The van der Waals surface area contributed by atoms with Crippen LogP contribution in [-0.2, 0) is 0 Å². The van der Waals surface area contributed by atoms with Gasteiger partial charge in [0.15, 0.2) is 0 Å². The summed E-state index contributed by atoms with van der Waals surface area (Å²) < 4.78 is 0. The largest absolute Gasteiger partial charge is 0.328 e. The second kappa shape index (κ2) is 5.59. The molecule has 68 valence electrons. The second-order valence-electron chi connectivity index (χ2n) is 3.96. The maximum absolute atomic E-state index is 5.73. The van der Waals surface area contributed by atoms with Gasteiger partial charge in [0, 0.05) is 6.04 Å². The Hall–Kier alpha value is -0.0400. The number of rotatable bonds is 5. The Morgan fingerprint density at radius 2 is 1.64 bits per heavy atom. The van der Waals surface area contributed by atoms with Crippen molar-refractivity contribution in [2.75, 3.05) is 0 Å². The molecule has 0 aliphatic carbocycles. The summed E-state index contributed by atoms with van der Waals surface area (Å²) in [5.41, 5.74) is 5.73. The maximum atomic E-state index is 5.73. The predicted octanol–water partition coefficient (Wildman–Crippen LogP) is 2.80. The Morgan fingerprint density at radius 1 is 1.09 bits per heavy atom. The molecule has 2 unspecified atom stereocenters. The molecule has 0 heterocycles. The molecule has 0 bridgehead atoms. The molecule has 2 N–H and O–H groups in total. The molecule has 1 nitrogen and oxygen atoms in total. The van der Waals surface area contributed by atoms with Gasteiger partial charge >= 0.3 is 0 Å². The molecule has 0 aliphatic rings. The quantitative estimate of drug-likeness (QED) is 0.652. The Kier molecular flexibility index (Phi) is 5.57. The highest BCUT2D eigenvalue weighted by atomic mass is 14.6. The molecule has 0 aromatic heterocycles. The molecule has 0 fully saturated rings. The monoisotopic (exact) mass is 157 g/mol. The van der Waals surface area contributed by atoms with E-state index in [1.807, 2.05) is 0 Å². The van der Waals surface area contributed by atoms with Crippen molar-refractivity contribution in [3.8, 4) is 0 Å². The standard InChI is InChI=1S/C10H23N/c1-5-6-8(2)9(3)7-10(4)11/h8-10H,5-7,11H2,1-4H3/t8?,9?,10-/m1/s1. The molecule has 0 amide bonds. The normalized spacial score (nSPS) is 19.4. The van der Waals surface area contributed by atoms with Gasteiger partial charge in [-0.25, -0.2) is 0 Å². The van der Waals surface area contributed by atoms with Crippen LogP contribution in [0.5, 0.6) is 0 Å². The molecule has 0 rings (SSSR count). The van der Waals surface area contributed by atoms with E-state index in [4.69, 9.17) is 5.73 Å². The summed E-state index contributed by atoms with van der Waals surface area (Å²) in [6.07, 6.45) is 3.81. The van der Waals surface area contributed by atoms with Crippen molar-refractivity contribution in [1.82, 2.24) is 0 Å². The van der Waals surface area contributed by atoms with E-state index in [-0.39, 0.29) is 0 Å². The van der Waals surface area contributed by atoms with Crippen molar-refractivity contribution in [1.29, 1.82) is 0 Å². The van der Waals surface area contributed by atoms with Crippen molar-refractivity contribution in [3.63, 3.8) is 0 Å². The van der Waals surface area contributed by atoms with Crippen LogP contribution in [0.25, 0.3) is 0 Å². The second-order valence-corrected chi connectivity index (χ2v) is 3.96. The van der Waals surface area contributed by atoms with Gasteiger partial charge in [-0.15, -0.1) is 0 Å². The zero-order chi connectivity index (χ0) is 8.85. The van der Waals surface area contributed by atoms with E-state index in [2.05, 4.69) is 27.7 Å². The van der Waals surface area contributed by atoms with Crippen LogP contribution in [-0.4, -0.2) is 6.04 Å². The average molecular weight is 157 g/mol. The zero-order valence-corrected chi connectivity index (χ0v) is 8.43. The molecule has 0 aromatic carbocycles. The van der Waals surface area contributed by atoms with Gasteiger partial charge in [-0.1, -0.05) is 33.6 Å². The average Bonchev–Trinajstić information content (AvgIpc) is 1.86. The van der Waals surface area contributed by atoms with Gasteiger partial charge in [0.25, 0.3) is 0 Å². The van der Waals surface area contributed by atoms with Crippen molar-refractivity contribution in [2.45, 2.75) is 53.0 Å². The third-order valence-corrected chi connectivity index (χ3v) is 2.46. The minimum atomic E-state index is 0.365. The smallest absolute Gasteiger partial charge is 0.00131 e. The highest BCUT2D eigenvalue weighted by molar-refractivity contribution is 4.66.